The fourth-order valence-corrected chi connectivity index (χ4v) is 2.84. The molecule has 1 amide bonds. The number of carbonyl (C=O) groups excluding carboxylic acids is 1. The standard InChI is InChI=1S/C17H18N6O/c1-11-2-4-12(5-3-11)23-9-7-15(22-23)19-17(24)16-13-6-8-18-10-14(13)20-21-16/h2-5,7,9,18H,6,8,10H2,1H3,(H,20,21)(H,19,22,24). The average Bonchev–Trinajstić information content (AvgIpc) is 3.22. The van der Waals surface area contributed by atoms with Crippen LogP contribution in [0.5, 0.6) is 0 Å². The molecule has 122 valence electrons. The molecule has 3 aromatic rings. The van der Waals surface area contributed by atoms with Crippen LogP contribution < -0.4 is 10.6 Å². The van der Waals surface area contributed by atoms with E-state index in [1.807, 2.05) is 37.4 Å². The van der Waals surface area contributed by atoms with Crippen molar-refractivity contribution in [2.75, 3.05) is 11.9 Å². The Morgan fingerprint density at radius 1 is 1.25 bits per heavy atom. The Kier molecular flexibility index (Phi) is 3.62. The lowest BCUT2D eigenvalue weighted by Gasteiger charge is -2.12. The van der Waals surface area contributed by atoms with E-state index in [1.54, 1.807) is 10.7 Å². The van der Waals surface area contributed by atoms with Crippen molar-refractivity contribution in [1.82, 2.24) is 25.3 Å². The minimum atomic E-state index is -0.233. The highest BCUT2D eigenvalue weighted by Gasteiger charge is 2.22. The fourth-order valence-electron chi connectivity index (χ4n) is 2.84. The van der Waals surface area contributed by atoms with Crippen LogP contribution in [0, 0.1) is 6.92 Å². The molecule has 0 spiro atoms. The van der Waals surface area contributed by atoms with Crippen LogP contribution in [0.4, 0.5) is 5.82 Å². The Morgan fingerprint density at radius 3 is 2.92 bits per heavy atom. The number of hydrogen-bond donors (Lipinski definition) is 3. The summed E-state index contributed by atoms with van der Waals surface area (Å²) in [6.07, 6.45) is 2.62. The van der Waals surface area contributed by atoms with Crippen molar-refractivity contribution in [3.8, 4) is 5.69 Å². The van der Waals surface area contributed by atoms with E-state index in [4.69, 9.17) is 0 Å². The van der Waals surface area contributed by atoms with E-state index in [2.05, 4.69) is 25.9 Å². The highest BCUT2D eigenvalue weighted by atomic mass is 16.2. The molecule has 0 saturated carbocycles. The third-order valence-electron chi connectivity index (χ3n) is 4.15. The lowest BCUT2D eigenvalue weighted by molar-refractivity contribution is 0.102. The Hall–Kier alpha value is -2.93. The monoisotopic (exact) mass is 322 g/mol. The maximum absolute atomic E-state index is 12.5. The predicted octanol–water partition coefficient (Wildman–Crippen LogP) is 1.80. The summed E-state index contributed by atoms with van der Waals surface area (Å²) in [7, 11) is 0. The van der Waals surface area contributed by atoms with Crippen LogP contribution in [0.3, 0.4) is 0 Å². The van der Waals surface area contributed by atoms with Gasteiger partial charge in [0.05, 0.1) is 11.4 Å². The Labute approximate surface area is 139 Å². The summed E-state index contributed by atoms with van der Waals surface area (Å²) in [6, 6.07) is 9.81. The fraction of sp³-hybridized carbons (Fsp3) is 0.235. The lowest BCUT2D eigenvalue weighted by Crippen LogP contribution is -2.25. The number of rotatable bonds is 3. The number of aryl methyl sites for hydroxylation is 1. The van der Waals surface area contributed by atoms with E-state index in [1.165, 1.54) is 5.56 Å². The second-order valence-corrected chi connectivity index (χ2v) is 5.89. The third kappa shape index (κ3) is 2.69. The van der Waals surface area contributed by atoms with Crippen LogP contribution in [0.25, 0.3) is 5.69 Å². The van der Waals surface area contributed by atoms with Crippen LogP contribution in [0.15, 0.2) is 36.5 Å². The maximum atomic E-state index is 12.5. The Morgan fingerprint density at radius 2 is 2.08 bits per heavy atom. The average molecular weight is 322 g/mol. The topological polar surface area (TPSA) is 87.6 Å². The largest absolute Gasteiger partial charge is 0.311 e. The van der Waals surface area contributed by atoms with Gasteiger partial charge in [0.2, 0.25) is 0 Å². The molecule has 0 unspecified atom stereocenters. The third-order valence-corrected chi connectivity index (χ3v) is 4.15. The first-order chi connectivity index (χ1) is 11.7. The summed E-state index contributed by atoms with van der Waals surface area (Å²) in [4.78, 5) is 12.5. The number of aromatic amines is 1. The van der Waals surface area contributed by atoms with E-state index in [0.29, 0.717) is 11.5 Å². The molecule has 7 nitrogen and oxygen atoms in total. The van der Waals surface area contributed by atoms with Crippen molar-refractivity contribution in [3.63, 3.8) is 0 Å². The zero-order valence-corrected chi connectivity index (χ0v) is 13.3. The quantitative estimate of drug-likeness (QED) is 0.686. The van der Waals surface area contributed by atoms with Gasteiger partial charge in [0.1, 0.15) is 0 Å². The second-order valence-electron chi connectivity index (χ2n) is 5.89. The van der Waals surface area contributed by atoms with Crippen LogP contribution >= 0.6 is 0 Å². The first-order valence-electron chi connectivity index (χ1n) is 7.91. The molecule has 4 rings (SSSR count). The van der Waals surface area contributed by atoms with Gasteiger partial charge in [0.25, 0.3) is 5.91 Å². The van der Waals surface area contributed by atoms with Crippen molar-refractivity contribution in [2.45, 2.75) is 19.9 Å². The van der Waals surface area contributed by atoms with Crippen molar-refractivity contribution < 1.29 is 4.79 Å². The lowest BCUT2D eigenvalue weighted by atomic mass is 10.1. The second kappa shape index (κ2) is 5.93. The molecular weight excluding hydrogens is 304 g/mol. The molecule has 2 aromatic heterocycles. The summed E-state index contributed by atoms with van der Waals surface area (Å²) in [6.45, 7) is 3.62. The molecule has 7 heteroatoms. The Balaban J connectivity index is 1.52. The first kappa shape index (κ1) is 14.6. The van der Waals surface area contributed by atoms with Crippen molar-refractivity contribution in [2.24, 2.45) is 0 Å². The van der Waals surface area contributed by atoms with E-state index >= 15 is 0 Å². The molecule has 3 N–H and O–H groups in total. The molecule has 0 atom stereocenters. The van der Waals surface area contributed by atoms with Gasteiger partial charge in [0, 0.05) is 24.4 Å². The molecule has 1 aliphatic heterocycles. The summed E-state index contributed by atoms with van der Waals surface area (Å²) < 4.78 is 1.74. The van der Waals surface area contributed by atoms with Crippen molar-refractivity contribution in [3.05, 3.63) is 59.0 Å². The number of benzene rings is 1. The van der Waals surface area contributed by atoms with E-state index in [-0.39, 0.29) is 5.91 Å². The number of nitrogens with zero attached hydrogens (tertiary/aromatic N) is 3. The normalized spacial score (nSPS) is 13.5. The number of hydrogen-bond acceptors (Lipinski definition) is 4. The SMILES string of the molecule is Cc1ccc(-n2ccc(NC(=O)c3n[nH]c4c3CCNC4)n2)cc1. The molecule has 1 aliphatic rings. The number of aromatic nitrogens is 4. The van der Waals surface area contributed by atoms with Gasteiger partial charge in [0.15, 0.2) is 11.5 Å². The predicted molar refractivity (Wildman–Crippen MR) is 90.3 cm³/mol. The van der Waals surface area contributed by atoms with Gasteiger partial charge >= 0.3 is 0 Å². The van der Waals surface area contributed by atoms with E-state index in [0.717, 1.165) is 36.5 Å². The number of carbonyl (C=O) groups is 1. The first-order valence-corrected chi connectivity index (χ1v) is 7.91. The van der Waals surface area contributed by atoms with E-state index < -0.39 is 0 Å². The van der Waals surface area contributed by atoms with Gasteiger partial charge in [-0.05, 0) is 32.0 Å². The molecule has 3 heterocycles. The number of fused-ring (bicyclic) bond motifs is 1. The van der Waals surface area contributed by atoms with Crippen LogP contribution in [-0.4, -0.2) is 32.4 Å². The molecule has 0 aliphatic carbocycles. The zero-order chi connectivity index (χ0) is 16.5. The van der Waals surface area contributed by atoms with Gasteiger partial charge in [-0.3, -0.25) is 9.89 Å². The van der Waals surface area contributed by atoms with Crippen LogP contribution in [0.2, 0.25) is 0 Å². The summed E-state index contributed by atoms with van der Waals surface area (Å²) in [5, 5.41) is 17.6. The molecule has 24 heavy (non-hydrogen) atoms. The molecule has 0 radical (unpaired) electrons. The molecule has 0 bridgehead atoms. The Bertz CT molecular complexity index is 877. The number of H-pyrrole nitrogens is 1. The highest BCUT2D eigenvalue weighted by molar-refractivity contribution is 6.03. The minimum absolute atomic E-state index is 0.233. The molecule has 0 fully saturated rings. The number of nitrogens with one attached hydrogen (secondary N) is 3. The summed E-state index contributed by atoms with van der Waals surface area (Å²) in [5.74, 6) is 0.273. The van der Waals surface area contributed by atoms with Crippen molar-refractivity contribution in [1.29, 1.82) is 0 Å². The van der Waals surface area contributed by atoms with Gasteiger partial charge < -0.3 is 10.6 Å². The molecule has 1 aromatic carbocycles. The summed E-state index contributed by atoms with van der Waals surface area (Å²) >= 11 is 0. The highest BCUT2D eigenvalue weighted by Crippen LogP contribution is 2.17. The number of amides is 1. The van der Waals surface area contributed by atoms with Gasteiger partial charge in [-0.25, -0.2) is 4.68 Å². The van der Waals surface area contributed by atoms with Crippen LogP contribution in [0.1, 0.15) is 27.3 Å². The van der Waals surface area contributed by atoms with Crippen LogP contribution in [-0.2, 0) is 13.0 Å². The molecular formula is C17H18N6O. The summed E-state index contributed by atoms with van der Waals surface area (Å²) in [5.41, 5.74) is 4.57. The number of anilines is 1. The van der Waals surface area contributed by atoms with Crippen molar-refractivity contribution >= 4 is 11.7 Å². The van der Waals surface area contributed by atoms with Gasteiger partial charge in [-0.1, -0.05) is 17.7 Å². The molecule has 0 saturated heterocycles. The van der Waals surface area contributed by atoms with Gasteiger partial charge in [-0.15, -0.1) is 0 Å². The zero-order valence-electron chi connectivity index (χ0n) is 13.3. The smallest absolute Gasteiger partial charge is 0.277 e. The van der Waals surface area contributed by atoms with Gasteiger partial charge in [-0.2, -0.15) is 10.2 Å². The van der Waals surface area contributed by atoms with E-state index in [9.17, 15) is 4.79 Å². The maximum Gasteiger partial charge on any atom is 0.277 e. The minimum Gasteiger partial charge on any atom is -0.311 e.